The third kappa shape index (κ3) is 7.10. The minimum absolute atomic E-state index is 0. The molecule has 0 aliphatic heterocycles. The molecule has 4 fully saturated rings. The van der Waals surface area contributed by atoms with Gasteiger partial charge in [0.15, 0.2) is 5.79 Å². The molecule has 0 radical (unpaired) electrons. The van der Waals surface area contributed by atoms with Crippen molar-refractivity contribution < 1.29 is 128 Å². The summed E-state index contributed by atoms with van der Waals surface area (Å²) < 4.78 is 15.7. The van der Waals surface area contributed by atoms with Crippen molar-refractivity contribution in [2.75, 3.05) is 0 Å². The number of rotatable bonds is 6. The van der Waals surface area contributed by atoms with E-state index in [2.05, 4.69) is 25.3 Å². The van der Waals surface area contributed by atoms with Crippen molar-refractivity contribution in [3.63, 3.8) is 0 Å². The molecule has 0 spiro atoms. The van der Waals surface area contributed by atoms with Crippen molar-refractivity contribution in [1.82, 2.24) is 0 Å². The van der Waals surface area contributed by atoms with Gasteiger partial charge in [-0.05, 0) is 97.7 Å². The van der Waals surface area contributed by atoms with Gasteiger partial charge >= 0.3 is 88.7 Å². The van der Waals surface area contributed by atoms with Crippen LogP contribution in [0.2, 0.25) is 0 Å². The molecule has 12 heteroatoms. The van der Waals surface area contributed by atoms with Crippen LogP contribution in [0.1, 0.15) is 85.0 Å². The first kappa shape index (κ1) is 36.5. The zero-order valence-corrected chi connectivity index (χ0v) is 29.8. The summed E-state index contributed by atoms with van der Waals surface area (Å²) >= 11 is 0. The van der Waals surface area contributed by atoms with Gasteiger partial charge in [0.2, 0.25) is 0 Å². The molecule has 190 valence electrons. The van der Waals surface area contributed by atoms with Crippen LogP contribution in [0.4, 0.5) is 0 Å². The van der Waals surface area contributed by atoms with Gasteiger partial charge in [0.1, 0.15) is 0 Å². The van der Waals surface area contributed by atoms with E-state index in [4.69, 9.17) is 0 Å². The van der Waals surface area contributed by atoms with E-state index >= 15 is 0 Å². The summed E-state index contributed by atoms with van der Waals surface area (Å²) in [5.41, 5.74) is -0.0950. The van der Waals surface area contributed by atoms with Crippen LogP contribution in [-0.2, 0) is 13.9 Å². The second kappa shape index (κ2) is 13.2. The van der Waals surface area contributed by atoms with E-state index in [1.165, 1.54) is 0 Å². The number of phosphoric acid groups is 1. The number of hydrogen-bond acceptors (Lipinski definition) is 8. The van der Waals surface area contributed by atoms with E-state index in [1.807, 2.05) is 0 Å². The maximum atomic E-state index is 11.3. The summed E-state index contributed by atoms with van der Waals surface area (Å²) in [6, 6.07) is 0. The molecule has 2 N–H and O–H groups in total. The summed E-state index contributed by atoms with van der Waals surface area (Å²) in [4.78, 5) is 33.3. The standard InChI is InChI=1S/C24H41O8P.3Na/c1-14(4-7-20(26)27)16-5-6-17-21-18(8-9-23(16,17)3)22(2)10-11-24(28,32-33(29,30)31)13-15(22)12-19(21)25;;;/h14-19,21,25,28H,4-13H2,1-3H3,(H,26,27)(H2,29,30,31);;;/q;3*+1/p-3/t14-,15?,16-,17?,18?,19+,21?,22+,23-,24-;;;/m1.../s1. The van der Waals surface area contributed by atoms with E-state index in [-0.39, 0.29) is 142 Å². The summed E-state index contributed by atoms with van der Waals surface area (Å²) in [7, 11) is -5.32. The van der Waals surface area contributed by atoms with Gasteiger partial charge in [-0.3, -0.25) is 0 Å². The molecular weight excluding hydrogens is 516 g/mol. The molecular formula is C24H38Na3O8P. The van der Waals surface area contributed by atoms with Gasteiger partial charge in [0, 0.05) is 18.8 Å². The first-order chi connectivity index (χ1) is 15.2. The summed E-state index contributed by atoms with van der Waals surface area (Å²) in [6.45, 7) is 6.68. The molecule has 0 amide bonds. The first-order valence-electron chi connectivity index (χ1n) is 12.5. The Morgan fingerprint density at radius 1 is 1.06 bits per heavy atom. The summed E-state index contributed by atoms with van der Waals surface area (Å²) in [5, 5.41) is 33.0. The predicted octanol–water partition coefficient (Wildman–Crippen LogP) is -7.67. The Balaban J connectivity index is 0.00000216. The smallest absolute Gasteiger partial charge is 0.790 e. The summed E-state index contributed by atoms with van der Waals surface area (Å²) in [6.07, 6.45) is 5.34. The molecule has 4 saturated carbocycles. The topological polar surface area (TPSA) is 153 Å². The van der Waals surface area contributed by atoms with Crippen molar-refractivity contribution in [3.8, 4) is 0 Å². The largest absolute Gasteiger partial charge is 1.00 e. The van der Waals surface area contributed by atoms with Crippen LogP contribution in [0, 0.1) is 46.3 Å². The zero-order chi connectivity index (χ0) is 24.4. The third-order valence-corrected chi connectivity index (χ3v) is 11.1. The molecule has 0 aromatic rings. The zero-order valence-electron chi connectivity index (χ0n) is 22.9. The molecule has 0 saturated heterocycles. The fraction of sp³-hybridized carbons (Fsp3) is 0.958. The number of carbonyl (C=O) groups excluding carboxylic acids is 1. The Labute approximate surface area is 281 Å². The van der Waals surface area contributed by atoms with Crippen molar-refractivity contribution in [2.45, 2.75) is 96.9 Å². The predicted molar refractivity (Wildman–Crippen MR) is 114 cm³/mol. The third-order valence-electron chi connectivity index (χ3n) is 10.5. The Morgan fingerprint density at radius 2 is 1.67 bits per heavy atom. The normalized spacial score (nSPS) is 44.4. The SMILES string of the molecule is C[C@H](CCC(=O)[O-])[C@H]1CCC2C3C(CC[C@@]21C)[C@@]1(C)CC[C@@](O)(OP(=O)([O-])[O-])CC1C[C@@H]3O.[Na+].[Na+].[Na+]. The Morgan fingerprint density at radius 3 is 2.25 bits per heavy atom. The van der Waals surface area contributed by atoms with Crippen molar-refractivity contribution in [2.24, 2.45) is 46.3 Å². The second-order valence-corrected chi connectivity index (χ2v) is 13.2. The van der Waals surface area contributed by atoms with E-state index in [1.54, 1.807) is 0 Å². The molecule has 36 heavy (non-hydrogen) atoms. The van der Waals surface area contributed by atoms with E-state index < -0.39 is 25.7 Å². The van der Waals surface area contributed by atoms with Crippen LogP contribution in [0.5, 0.6) is 0 Å². The molecule has 0 aromatic carbocycles. The van der Waals surface area contributed by atoms with Crippen LogP contribution >= 0.6 is 7.82 Å². The van der Waals surface area contributed by atoms with Crippen LogP contribution in [0.25, 0.3) is 0 Å². The van der Waals surface area contributed by atoms with E-state index in [0.29, 0.717) is 31.1 Å². The average molecular weight is 555 g/mol. The van der Waals surface area contributed by atoms with Crippen molar-refractivity contribution in [3.05, 3.63) is 0 Å². The first-order valence-corrected chi connectivity index (χ1v) is 14.0. The molecule has 0 heterocycles. The number of fused-ring (bicyclic) bond motifs is 5. The van der Waals surface area contributed by atoms with E-state index in [0.717, 1.165) is 25.7 Å². The molecule has 0 aromatic heterocycles. The van der Waals surface area contributed by atoms with Crippen molar-refractivity contribution in [1.29, 1.82) is 0 Å². The molecule has 10 atom stereocenters. The number of aliphatic hydroxyl groups is 2. The van der Waals surface area contributed by atoms with Gasteiger partial charge < -0.3 is 39.0 Å². The Kier molecular flexibility index (Phi) is 13.4. The van der Waals surface area contributed by atoms with E-state index in [9.17, 15) is 34.5 Å². The van der Waals surface area contributed by atoms with Crippen LogP contribution in [0.15, 0.2) is 0 Å². The molecule has 4 rings (SSSR count). The van der Waals surface area contributed by atoms with Crippen LogP contribution in [-0.4, -0.2) is 28.1 Å². The van der Waals surface area contributed by atoms with Gasteiger partial charge in [-0.25, -0.2) is 0 Å². The minimum Gasteiger partial charge on any atom is -0.790 e. The Hall–Kier alpha value is 2.50. The van der Waals surface area contributed by atoms with Gasteiger partial charge in [-0.2, -0.15) is 0 Å². The molecule has 0 bridgehead atoms. The number of aliphatic carboxylic acids is 1. The minimum atomic E-state index is -5.32. The number of hydrogen-bond donors (Lipinski definition) is 2. The molecule has 4 aliphatic rings. The van der Waals surface area contributed by atoms with Crippen LogP contribution in [0.3, 0.4) is 0 Å². The maximum Gasteiger partial charge on any atom is 1.00 e. The van der Waals surface area contributed by atoms with Gasteiger partial charge in [-0.15, -0.1) is 0 Å². The number of carboxylic acid groups (broad SMARTS) is 1. The monoisotopic (exact) mass is 554 g/mol. The average Bonchev–Trinajstić information content (AvgIpc) is 3.03. The Bertz CT molecular complexity index is 829. The van der Waals surface area contributed by atoms with Gasteiger partial charge in [-0.1, -0.05) is 20.8 Å². The van der Waals surface area contributed by atoms with Crippen molar-refractivity contribution >= 4 is 13.8 Å². The number of carbonyl (C=O) groups is 1. The number of carboxylic acids is 1. The molecule has 4 unspecified atom stereocenters. The number of aliphatic hydroxyl groups excluding tert-OH is 1. The quantitative estimate of drug-likeness (QED) is 0.187. The van der Waals surface area contributed by atoms with Gasteiger partial charge in [0.05, 0.1) is 13.9 Å². The number of phosphoric ester groups is 1. The maximum absolute atomic E-state index is 11.3. The summed E-state index contributed by atoms with van der Waals surface area (Å²) in [5.74, 6) is -1.63. The van der Waals surface area contributed by atoms with Crippen LogP contribution < -0.4 is 104 Å². The second-order valence-electron chi connectivity index (χ2n) is 12.1. The van der Waals surface area contributed by atoms with Gasteiger partial charge in [0.25, 0.3) is 0 Å². The fourth-order valence-corrected chi connectivity index (χ4v) is 9.57. The molecule has 8 nitrogen and oxygen atoms in total. The fourth-order valence-electron chi connectivity index (χ4n) is 8.99. The molecule has 4 aliphatic carbocycles.